The lowest BCUT2D eigenvalue weighted by Gasteiger charge is -2.24. The average molecular weight is 552 g/mol. The van der Waals surface area contributed by atoms with Crippen molar-refractivity contribution in [3.63, 3.8) is 0 Å². The first-order chi connectivity index (χ1) is 18.9. The number of carbonyl (C=O) groups excluding carboxylic acids is 1. The van der Waals surface area contributed by atoms with E-state index in [1.165, 1.54) is 42.5 Å². The summed E-state index contributed by atoms with van der Waals surface area (Å²) in [5, 5.41) is 9.00. The summed E-state index contributed by atoms with van der Waals surface area (Å²) in [6.45, 7) is 0. The number of amides is 1. The molecule has 0 radical (unpaired) electrons. The van der Waals surface area contributed by atoms with Crippen LogP contribution in [-0.4, -0.2) is 39.2 Å². The van der Waals surface area contributed by atoms with Crippen LogP contribution in [0, 0.1) is 0 Å². The average Bonchev–Trinajstić information content (AvgIpc) is 2.91. The van der Waals surface area contributed by atoms with E-state index in [4.69, 9.17) is 27.0 Å². The third-order valence-electron chi connectivity index (χ3n) is 5.98. The molecule has 1 amide bonds. The van der Waals surface area contributed by atoms with Gasteiger partial charge in [0.2, 0.25) is 23.8 Å². The normalized spacial score (nSPS) is 12.9. The Hall–Kier alpha value is -4.97. The molecule has 0 bridgehead atoms. The molecule has 1 aromatic heterocycles. The molecule has 9 nitrogen and oxygen atoms in total. The predicted molar refractivity (Wildman–Crippen MR) is 141 cm³/mol. The Bertz CT molecular complexity index is 1540. The molecule has 0 saturated carbocycles. The molecule has 7 N–H and O–H groups in total. The molecule has 1 unspecified atom stereocenters. The first-order valence-corrected chi connectivity index (χ1v) is 11.9. The van der Waals surface area contributed by atoms with Crippen LogP contribution < -0.4 is 21.9 Å². The monoisotopic (exact) mass is 551 g/mol. The highest BCUT2D eigenvalue weighted by molar-refractivity contribution is 5.94. The molecule has 12 heteroatoms. The lowest BCUT2D eigenvalue weighted by Crippen LogP contribution is -2.32. The van der Waals surface area contributed by atoms with Crippen LogP contribution in [0.5, 0.6) is 5.88 Å². The van der Waals surface area contributed by atoms with E-state index in [0.29, 0.717) is 16.7 Å². The molecule has 0 aliphatic rings. The quantitative estimate of drug-likeness (QED) is 0.241. The Morgan fingerprint density at radius 1 is 0.925 bits per heavy atom. The minimum absolute atomic E-state index is 0.0882. The summed E-state index contributed by atoms with van der Waals surface area (Å²) in [5.74, 6) is -2.59. The van der Waals surface area contributed by atoms with Crippen LogP contribution in [0.2, 0.25) is 0 Å². The summed E-state index contributed by atoms with van der Waals surface area (Å²) in [4.78, 5) is 30.6. The Balaban J connectivity index is 1.69. The van der Waals surface area contributed by atoms with Gasteiger partial charge in [-0.3, -0.25) is 9.59 Å². The zero-order valence-electron chi connectivity index (χ0n) is 20.8. The molecule has 0 saturated heterocycles. The molecule has 3 aromatic carbocycles. The van der Waals surface area contributed by atoms with Gasteiger partial charge in [0.15, 0.2) is 0 Å². The van der Waals surface area contributed by atoms with Gasteiger partial charge in [0.05, 0.1) is 5.69 Å². The lowest BCUT2D eigenvalue weighted by atomic mass is 9.94. The molecular formula is C28H24F3N5O4. The van der Waals surface area contributed by atoms with Gasteiger partial charge in [0, 0.05) is 22.8 Å². The van der Waals surface area contributed by atoms with Crippen molar-refractivity contribution in [3.05, 3.63) is 95.6 Å². The van der Waals surface area contributed by atoms with Crippen LogP contribution in [0.4, 0.5) is 19.1 Å². The molecule has 0 aliphatic heterocycles. The van der Waals surface area contributed by atoms with Crippen molar-refractivity contribution < 1.29 is 32.6 Å². The van der Waals surface area contributed by atoms with Gasteiger partial charge in [-0.25, -0.2) is 4.98 Å². The molecule has 0 aliphatic carbocycles. The number of ether oxygens (including phenoxy) is 1. The van der Waals surface area contributed by atoms with Crippen molar-refractivity contribution in [1.29, 1.82) is 0 Å². The van der Waals surface area contributed by atoms with Crippen molar-refractivity contribution in [1.82, 2.24) is 9.97 Å². The predicted octanol–water partition coefficient (Wildman–Crippen LogP) is 4.13. The second-order valence-electron chi connectivity index (χ2n) is 8.87. The molecule has 4 aromatic rings. The largest absolute Gasteiger partial charge is 0.480 e. The Labute approximate surface area is 226 Å². The number of nitrogens with two attached hydrogens (primary N) is 3. The number of alkyl halides is 3. The second kappa shape index (κ2) is 11.4. The Morgan fingerprint density at radius 2 is 1.62 bits per heavy atom. The van der Waals surface area contributed by atoms with Crippen LogP contribution in [-0.2, 0) is 11.2 Å². The van der Waals surface area contributed by atoms with Crippen LogP contribution in [0.3, 0.4) is 0 Å². The van der Waals surface area contributed by atoms with E-state index in [2.05, 4.69) is 9.97 Å². The van der Waals surface area contributed by atoms with E-state index in [1.54, 1.807) is 36.4 Å². The minimum Gasteiger partial charge on any atom is -0.480 e. The SMILES string of the molecule is NC(=O)c1cccc(-c2ccccc2C(Oc2cc(-c3ccc(C[C@H](N)C(=O)O)cc3)nc(N)n2)C(F)(F)F)c1. The van der Waals surface area contributed by atoms with E-state index in [-0.39, 0.29) is 34.8 Å². The van der Waals surface area contributed by atoms with Crippen LogP contribution >= 0.6 is 0 Å². The molecule has 0 fully saturated rings. The van der Waals surface area contributed by atoms with Crippen molar-refractivity contribution >= 4 is 17.8 Å². The van der Waals surface area contributed by atoms with E-state index in [0.717, 1.165) is 0 Å². The highest BCUT2D eigenvalue weighted by Crippen LogP contribution is 2.41. The number of carbonyl (C=O) groups is 2. The molecule has 40 heavy (non-hydrogen) atoms. The molecule has 1 heterocycles. The van der Waals surface area contributed by atoms with Gasteiger partial charge in [-0.1, -0.05) is 60.7 Å². The summed E-state index contributed by atoms with van der Waals surface area (Å²) in [6.07, 6.45) is -7.21. The molecule has 206 valence electrons. The zero-order chi connectivity index (χ0) is 29.0. The molecule has 2 atom stereocenters. The summed E-state index contributed by atoms with van der Waals surface area (Å²) in [6, 6.07) is 18.3. The standard InChI is InChI=1S/C28H24F3N5O4/c29-28(30,31)24(20-7-2-1-6-19(20)17-4-3-5-18(13-17)25(33)37)40-23-14-22(35-27(34)36-23)16-10-8-15(9-11-16)12-21(32)26(38)39/h1-11,13-14,21,24H,12,32H2,(H2,33,37)(H,38,39)(H2,34,35,36)/t21-,24?/m0/s1. The topological polar surface area (TPSA) is 167 Å². The number of benzene rings is 3. The number of carboxylic acids is 1. The maximum absolute atomic E-state index is 14.4. The number of rotatable bonds is 9. The van der Waals surface area contributed by atoms with Crippen molar-refractivity contribution in [2.45, 2.75) is 24.7 Å². The number of anilines is 1. The van der Waals surface area contributed by atoms with Crippen molar-refractivity contribution in [3.8, 4) is 28.3 Å². The van der Waals surface area contributed by atoms with Gasteiger partial charge >= 0.3 is 12.1 Å². The number of primary amides is 1. The fourth-order valence-corrected chi connectivity index (χ4v) is 4.06. The lowest BCUT2D eigenvalue weighted by molar-refractivity contribution is -0.198. The van der Waals surface area contributed by atoms with Crippen molar-refractivity contribution in [2.24, 2.45) is 11.5 Å². The number of nitrogen functional groups attached to an aromatic ring is 1. The first kappa shape index (κ1) is 28.0. The van der Waals surface area contributed by atoms with Gasteiger partial charge in [-0.2, -0.15) is 18.2 Å². The summed E-state index contributed by atoms with van der Waals surface area (Å²) >= 11 is 0. The third kappa shape index (κ3) is 6.53. The number of aromatic nitrogens is 2. The van der Waals surface area contributed by atoms with Gasteiger partial charge in [-0.05, 0) is 35.2 Å². The minimum atomic E-state index is -4.86. The number of carboxylic acid groups (broad SMARTS) is 1. The third-order valence-corrected chi connectivity index (χ3v) is 5.98. The number of nitrogens with zero attached hydrogens (tertiary/aromatic N) is 2. The van der Waals surface area contributed by atoms with E-state index in [9.17, 15) is 22.8 Å². The molecule has 0 spiro atoms. The summed E-state index contributed by atoms with van der Waals surface area (Å²) < 4.78 is 48.6. The maximum Gasteiger partial charge on any atom is 0.429 e. The second-order valence-corrected chi connectivity index (χ2v) is 8.87. The molecular weight excluding hydrogens is 527 g/mol. The number of hydrogen-bond donors (Lipinski definition) is 4. The van der Waals surface area contributed by atoms with Crippen molar-refractivity contribution in [2.75, 3.05) is 5.73 Å². The number of hydrogen-bond acceptors (Lipinski definition) is 7. The number of aliphatic carboxylic acids is 1. The zero-order valence-corrected chi connectivity index (χ0v) is 20.8. The van der Waals surface area contributed by atoms with E-state index < -0.39 is 36.1 Å². The van der Waals surface area contributed by atoms with E-state index in [1.807, 2.05) is 0 Å². The maximum atomic E-state index is 14.4. The fourth-order valence-electron chi connectivity index (χ4n) is 4.06. The smallest absolute Gasteiger partial charge is 0.429 e. The summed E-state index contributed by atoms with van der Waals surface area (Å²) in [7, 11) is 0. The van der Waals surface area contributed by atoms with Crippen LogP contribution in [0.15, 0.2) is 78.9 Å². The fraction of sp³-hybridized carbons (Fsp3) is 0.143. The molecule has 4 rings (SSSR count). The van der Waals surface area contributed by atoms with Crippen LogP contribution in [0.25, 0.3) is 22.4 Å². The van der Waals surface area contributed by atoms with Gasteiger partial charge in [0.25, 0.3) is 0 Å². The highest BCUT2D eigenvalue weighted by atomic mass is 19.4. The highest BCUT2D eigenvalue weighted by Gasteiger charge is 2.44. The van der Waals surface area contributed by atoms with E-state index >= 15 is 0 Å². The first-order valence-electron chi connectivity index (χ1n) is 11.9. The Morgan fingerprint density at radius 3 is 2.27 bits per heavy atom. The Kier molecular flexibility index (Phi) is 8.00. The van der Waals surface area contributed by atoms with Gasteiger partial charge < -0.3 is 27.0 Å². The summed E-state index contributed by atoms with van der Waals surface area (Å²) in [5.41, 5.74) is 18.5. The van der Waals surface area contributed by atoms with Gasteiger partial charge in [0.1, 0.15) is 6.04 Å². The number of halogens is 3. The van der Waals surface area contributed by atoms with Crippen LogP contribution in [0.1, 0.15) is 27.6 Å². The van der Waals surface area contributed by atoms with Gasteiger partial charge in [-0.15, -0.1) is 0 Å².